The first-order valence-electron chi connectivity index (χ1n) is 4.19. The molecule has 0 radical (unpaired) electrons. The zero-order chi connectivity index (χ0) is 12.4. The van der Waals surface area contributed by atoms with Crippen LogP contribution in [-0.2, 0) is 13.6 Å². The van der Waals surface area contributed by atoms with Crippen LogP contribution in [0.1, 0.15) is 12.8 Å². The molecule has 0 unspecified atom stereocenters. The number of hydrogen-bond acceptors (Lipinski definition) is 3. The van der Waals surface area contributed by atoms with E-state index < -0.39 is 8.25 Å². The van der Waals surface area contributed by atoms with Crippen LogP contribution in [-0.4, -0.2) is 7.47 Å². The Morgan fingerprint density at radius 3 is 1.62 bits per heavy atom. The van der Waals surface area contributed by atoms with Crippen LogP contribution in [0.5, 0.6) is 0 Å². The molecule has 0 aromatic heterocycles. The van der Waals surface area contributed by atoms with Crippen LogP contribution in [0.4, 0.5) is 0 Å². The molecule has 0 aliphatic rings. The van der Waals surface area contributed by atoms with E-state index in [0.29, 0.717) is 0 Å². The Hall–Kier alpha value is 1.10. The lowest BCUT2D eigenvalue weighted by Crippen LogP contribution is -1.80. The molecule has 0 heterocycles. The van der Waals surface area contributed by atoms with Gasteiger partial charge in [-0.05, 0) is 25.0 Å². The van der Waals surface area contributed by atoms with E-state index in [2.05, 4.69) is 63.7 Å². The summed E-state index contributed by atoms with van der Waals surface area (Å²) in [5.74, 6) is 0. The Bertz CT molecular complexity index is 232. The van der Waals surface area contributed by atoms with Crippen molar-refractivity contribution >= 4 is 72.0 Å². The number of halogens is 4. The fourth-order valence-electron chi connectivity index (χ4n) is 0.527. The van der Waals surface area contributed by atoms with Gasteiger partial charge in [0.1, 0.15) is 0 Å². The summed E-state index contributed by atoms with van der Waals surface area (Å²) < 4.78 is 21.0. The fraction of sp³-hybridized carbons (Fsp3) is 0.500. The number of allylic oxidation sites excluding steroid dienone is 2. The van der Waals surface area contributed by atoms with Crippen LogP contribution in [0, 0.1) is 0 Å². The van der Waals surface area contributed by atoms with Gasteiger partial charge in [-0.2, -0.15) is 0 Å². The summed E-state index contributed by atoms with van der Waals surface area (Å²) in [6, 6.07) is 0. The van der Waals surface area contributed by atoms with Gasteiger partial charge in [-0.1, -0.05) is 63.7 Å². The van der Waals surface area contributed by atoms with Crippen LogP contribution < -0.4 is 0 Å². The van der Waals surface area contributed by atoms with Crippen molar-refractivity contribution in [2.45, 2.75) is 20.3 Å². The minimum atomic E-state index is -2.13. The van der Waals surface area contributed by atoms with E-state index in [1.165, 1.54) is 12.5 Å². The molecule has 0 rings (SSSR count). The summed E-state index contributed by atoms with van der Waals surface area (Å²) in [6.07, 6.45) is 7.66. The normalized spacial score (nSPS) is 13.0. The average molecular weight is 505 g/mol. The molecular weight excluding hydrogens is 495 g/mol. The van der Waals surface area contributed by atoms with Gasteiger partial charge in [-0.3, -0.25) is 0 Å². The summed E-state index contributed by atoms with van der Waals surface area (Å²) in [6.45, 7) is 0. The molecule has 3 nitrogen and oxygen atoms in total. The molecule has 8 heteroatoms. The van der Waals surface area contributed by atoms with Crippen molar-refractivity contribution in [3.63, 3.8) is 0 Å². The van der Waals surface area contributed by atoms with Crippen LogP contribution in [0.25, 0.3) is 0 Å². The van der Waals surface area contributed by atoms with E-state index in [1.54, 1.807) is 12.2 Å². The molecule has 0 spiro atoms. The number of alkyl halides is 4. The third kappa shape index (κ3) is 13.2. The quantitative estimate of drug-likeness (QED) is 0.241. The SMILES string of the molecule is O=[P+](OC=CCC(Br)Br)OC=CCC(Br)Br. The lowest BCUT2D eigenvalue weighted by atomic mass is 10.5. The molecule has 16 heavy (non-hydrogen) atoms. The van der Waals surface area contributed by atoms with Crippen molar-refractivity contribution in [3.8, 4) is 0 Å². The molecule has 0 saturated carbocycles. The smallest absolute Gasteiger partial charge is 0.231 e. The summed E-state index contributed by atoms with van der Waals surface area (Å²) in [7, 11) is -2.13. The Balaban J connectivity index is 3.59. The van der Waals surface area contributed by atoms with Gasteiger partial charge in [0.2, 0.25) is 0 Å². The van der Waals surface area contributed by atoms with Crippen LogP contribution >= 0.6 is 72.0 Å². The Morgan fingerprint density at radius 2 is 1.31 bits per heavy atom. The lowest BCUT2D eigenvalue weighted by Gasteiger charge is -1.90. The minimum Gasteiger partial charge on any atom is -0.231 e. The summed E-state index contributed by atoms with van der Waals surface area (Å²) in [5, 5.41) is 0. The maximum atomic E-state index is 11.1. The highest BCUT2D eigenvalue weighted by molar-refractivity contribution is 9.25. The molecule has 0 fully saturated rings. The second kappa shape index (κ2) is 11.2. The van der Waals surface area contributed by atoms with Crippen molar-refractivity contribution in [1.29, 1.82) is 0 Å². The van der Waals surface area contributed by atoms with Gasteiger partial charge in [0, 0.05) is 4.57 Å². The minimum absolute atomic E-state index is 0.188. The first-order valence-corrected chi connectivity index (χ1v) is 8.95. The largest absolute Gasteiger partial charge is 0.804 e. The third-order valence-corrected chi connectivity index (χ3v) is 3.20. The van der Waals surface area contributed by atoms with Crippen molar-refractivity contribution in [1.82, 2.24) is 0 Å². The Labute approximate surface area is 129 Å². The van der Waals surface area contributed by atoms with Crippen molar-refractivity contribution < 1.29 is 13.6 Å². The van der Waals surface area contributed by atoms with Gasteiger partial charge in [0.05, 0.1) is 7.47 Å². The Kier molecular flexibility index (Phi) is 12.0. The lowest BCUT2D eigenvalue weighted by molar-refractivity contribution is 0.354. The van der Waals surface area contributed by atoms with Gasteiger partial charge < -0.3 is 0 Å². The maximum absolute atomic E-state index is 11.1. The zero-order valence-corrected chi connectivity index (χ0v) is 15.3. The van der Waals surface area contributed by atoms with Crippen molar-refractivity contribution in [3.05, 3.63) is 24.7 Å². The molecule has 0 aromatic rings. The molecule has 92 valence electrons. The first kappa shape index (κ1) is 17.1. The van der Waals surface area contributed by atoms with Crippen molar-refractivity contribution in [2.75, 3.05) is 0 Å². The standard InChI is InChI=1S/C8H10Br4O3P/c9-7(10)3-1-5-14-16(13)15-6-2-4-8(11)12/h1-2,5-8H,3-4H2/q+1. The first-order chi connectivity index (χ1) is 7.52. The molecule has 0 N–H and O–H groups in total. The summed E-state index contributed by atoms with van der Waals surface area (Å²) >= 11 is 13.2. The van der Waals surface area contributed by atoms with E-state index >= 15 is 0 Å². The second-order valence-electron chi connectivity index (χ2n) is 2.43. The molecule has 0 aliphatic heterocycles. The number of rotatable bonds is 8. The number of hydrogen-bond donors (Lipinski definition) is 0. The zero-order valence-electron chi connectivity index (χ0n) is 8.06. The summed E-state index contributed by atoms with van der Waals surface area (Å²) in [4.78, 5) is 0. The summed E-state index contributed by atoms with van der Waals surface area (Å²) in [5.41, 5.74) is 0. The highest BCUT2D eigenvalue weighted by Gasteiger charge is 2.16. The van der Waals surface area contributed by atoms with Crippen LogP contribution in [0.15, 0.2) is 24.7 Å². The maximum Gasteiger partial charge on any atom is 0.804 e. The fourth-order valence-corrected chi connectivity index (χ4v) is 1.81. The highest BCUT2D eigenvalue weighted by Crippen LogP contribution is 2.25. The van der Waals surface area contributed by atoms with E-state index in [-0.39, 0.29) is 7.47 Å². The molecule has 0 aliphatic carbocycles. The van der Waals surface area contributed by atoms with Crippen LogP contribution in [0.2, 0.25) is 0 Å². The van der Waals surface area contributed by atoms with E-state index in [1.807, 2.05) is 0 Å². The molecular formula is C8H10Br4O3P+. The van der Waals surface area contributed by atoms with Crippen LogP contribution in [0.3, 0.4) is 0 Å². The monoisotopic (exact) mass is 501 g/mol. The molecule has 0 aromatic carbocycles. The molecule has 0 saturated heterocycles. The van der Waals surface area contributed by atoms with Gasteiger partial charge >= 0.3 is 8.25 Å². The topological polar surface area (TPSA) is 35.5 Å². The second-order valence-corrected chi connectivity index (χ2v) is 10.2. The van der Waals surface area contributed by atoms with Gasteiger partial charge in [-0.15, -0.1) is 0 Å². The molecule has 0 atom stereocenters. The predicted molar refractivity (Wildman–Crippen MR) is 80.6 cm³/mol. The van der Waals surface area contributed by atoms with Gasteiger partial charge in [0.15, 0.2) is 12.5 Å². The highest BCUT2D eigenvalue weighted by atomic mass is 79.9. The van der Waals surface area contributed by atoms with E-state index in [4.69, 9.17) is 9.05 Å². The van der Waals surface area contributed by atoms with Gasteiger partial charge in [0.25, 0.3) is 0 Å². The molecule has 0 bridgehead atoms. The van der Waals surface area contributed by atoms with E-state index in [0.717, 1.165) is 12.8 Å². The third-order valence-electron chi connectivity index (χ3n) is 1.11. The molecule has 0 amide bonds. The van der Waals surface area contributed by atoms with E-state index in [9.17, 15) is 4.57 Å². The van der Waals surface area contributed by atoms with Gasteiger partial charge in [-0.25, -0.2) is 9.05 Å². The van der Waals surface area contributed by atoms with Crippen molar-refractivity contribution in [2.24, 2.45) is 0 Å². The average Bonchev–Trinajstić information content (AvgIpc) is 2.19. The Morgan fingerprint density at radius 1 is 0.938 bits per heavy atom. The predicted octanol–water partition coefficient (Wildman–Crippen LogP) is 5.72.